The number of hydrogen-bond acceptors (Lipinski definition) is 3. The Balaban J connectivity index is 2.04. The van der Waals surface area contributed by atoms with Gasteiger partial charge in [-0.3, -0.25) is 0 Å². The quantitative estimate of drug-likeness (QED) is 0.785. The van der Waals surface area contributed by atoms with Gasteiger partial charge in [-0.1, -0.05) is 6.07 Å². The molecule has 6 heteroatoms. The van der Waals surface area contributed by atoms with Crippen LogP contribution >= 0.6 is 11.8 Å². The second-order valence-electron chi connectivity index (χ2n) is 2.92. The number of ether oxygens (including phenoxy) is 2. The summed E-state index contributed by atoms with van der Waals surface area (Å²) in [5.74, 6) is 0.978. The van der Waals surface area contributed by atoms with Crippen LogP contribution in [0, 0.1) is 0 Å². The van der Waals surface area contributed by atoms with E-state index in [0.717, 1.165) is 0 Å². The van der Waals surface area contributed by atoms with Crippen molar-refractivity contribution in [2.24, 2.45) is 0 Å². The Bertz CT molecular complexity index is 365. The lowest BCUT2D eigenvalue weighted by Gasteiger charge is -2.05. The van der Waals surface area contributed by atoms with Crippen LogP contribution in [0.1, 0.15) is 5.56 Å². The Labute approximate surface area is 88.4 Å². The monoisotopic (exact) mass is 236 g/mol. The van der Waals surface area contributed by atoms with Gasteiger partial charge in [0.2, 0.25) is 6.79 Å². The minimum atomic E-state index is -4.20. The summed E-state index contributed by atoms with van der Waals surface area (Å²) in [6.45, 7) is 0.130. The van der Waals surface area contributed by atoms with E-state index < -0.39 is 5.51 Å². The first kappa shape index (κ1) is 10.5. The molecule has 0 N–H and O–H groups in total. The molecule has 1 aliphatic rings. The van der Waals surface area contributed by atoms with Crippen molar-refractivity contribution in [2.45, 2.75) is 11.3 Å². The fraction of sp³-hybridized carbons (Fsp3) is 0.333. The van der Waals surface area contributed by atoms with E-state index >= 15 is 0 Å². The van der Waals surface area contributed by atoms with Gasteiger partial charge in [-0.15, -0.1) is 0 Å². The summed E-state index contributed by atoms with van der Waals surface area (Å²) in [4.78, 5) is 0. The summed E-state index contributed by atoms with van der Waals surface area (Å²) in [6.07, 6.45) is 0. The summed E-state index contributed by atoms with van der Waals surface area (Å²) in [7, 11) is 0. The van der Waals surface area contributed by atoms with Crippen molar-refractivity contribution < 1.29 is 22.6 Å². The summed E-state index contributed by atoms with van der Waals surface area (Å²) < 4.78 is 45.9. The third-order valence-electron chi connectivity index (χ3n) is 1.84. The number of thioether (sulfide) groups is 1. The lowest BCUT2D eigenvalue weighted by atomic mass is 10.2. The van der Waals surface area contributed by atoms with Gasteiger partial charge in [-0.05, 0) is 29.5 Å². The van der Waals surface area contributed by atoms with Gasteiger partial charge in [-0.2, -0.15) is 13.2 Å². The Morgan fingerprint density at radius 3 is 2.67 bits per heavy atom. The molecular formula is C9H7F3O2S. The fourth-order valence-corrected chi connectivity index (χ4v) is 1.71. The van der Waals surface area contributed by atoms with Crippen LogP contribution in [0.4, 0.5) is 13.2 Å². The predicted octanol–water partition coefficient (Wildman–Crippen LogP) is 3.17. The van der Waals surface area contributed by atoms with Crippen LogP contribution < -0.4 is 9.47 Å². The van der Waals surface area contributed by atoms with Gasteiger partial charge in [0, 0.05) is 5.75 Å². The Morgan fingerprint density at radius 2 is 1.93 bits per heavy atom. The van der Waals surface area contributed by atoms with Gasteiger partial charge in [0.25, 0.3) is 0 Å². The number of benzene rings is 1. The number of fused-ring (bicyclic) bond motifs is 1. The maximum atomic E-state index is 11.9. The van der Waals surface area contributed by atoms with Crippen molar-refractivity contribution in [1.82, 2.24) is 0 Å². The average Bonchev–Trinajstić information content (AvgIpc) is 2.60. The minimum Gasteiger partial charge on any atom is -0.454 e. The molecular weight excluding hydrogens is 229 g/mol. The molecule has 0 saturated heterocycles. The van der Waals surface area contributed by atoms with Gasteiger partial charge in [0.05, 0.1) is 0 Å². The van der Waals surface area contributed by atoms with Crippen molar-refractivity contribution in [3.05, 3.63) is 23.8 Å². The molecule has 0 aliphatic carbocycles. The van der Waals surface area contributed by atoms with E-state index in [1.54, 1.807) is 18.2 Å². The molecule has 0 saturated carbocycles. The molecule has 82 valence electrons. The van der Waals surface area contributed by atoms with E-state index in [9.17, 15) is 13.2 Å². The molecule has 0 atom stereocenters. The highest BCUT2D eigenvalue weighted by Crippen LogP contribution is 2.37. The van der Waals surface area contributed by atoms with Crippen molar-refractivity contribution in [1.29, 1.82) is 0 Å². The van der Waals surface area contributed by atoms with Crippen LogP contribution in [0.5, 0.6) is 11.5 Å². The van der Waals surface area contributed by atoms with Crippen molar-refractivity contribution >= 4 is 11.8 Å². The molecule has 0 fully saturated rings. The molecule has 1 heterocycles. The zero-order chi connectivity index (χ0) is 10.9. The van der Waals surface area contributed by atoms with Gasteiger partial charge < -0.3 is 9.47 Å². The molecule has 0 bridgehead atoms. The predicted molar refractivity (Wildman–Crippen MR) is 49.9 cm³/mol. The third kappa shape index (κ3) is 2.71. The van der Waals surface area contributed by atoms with Crippen LogP contribution in [0.3, 0.4) is 0 Å². The molecule has 1 aromatic carbocycles. The molecule has 0 unspecified atom stereocenters. The van der Waals surface area contributed by atoms with Crippen LogP contribution in [-0.4, -0.2) is 12.3 Å². The summed E-state index contributed by atoms with van der Waals surface area (Å²) in [6, 6.07) is 4.79. The van der Waals surface area contributed by atoms with E-state index in [-0.39, 0.29) is 24.3 Å². The molecule has 15 heavy (non-hydrogen) atoms. The summed E-state index contributed by atoms with van der Waals surface area (Å²) in [5, 5.41) is 0. The molecule has 1 aromatic rings. The SMILES string of the molecule is FC(F)(F)SCc1ccc2c(c1)OCO2. The van der Waals surface area contributed by atoms with E-state index in [1.165, 1.54) is 0 Å². The highest BCUT2D eigenvalue weighted by atomic mass is 32.2. The van der Waals surface area contributed by atoms with Gasteiger partial charge in [0.1, 0.15) is 0 Å². The highest BCUT2D eigenvalue weighted by molar-refractivity contribution is 7.99. The Hall–Kier alpha value is -1.04. The number of rotatable bonds is 2. The smallest absolute Gasteiger partial charge is 0.442 e. The first-order valence-electron chi connectivity index (χ1n) is 4.14. The number of halogens is 3. The summed E-state index contributed by atoms with van der Waals surface area (Å²) >= 11 is -0.0642. The first-order chi connectivity index (χ1) is 7.04. The standard InChI is InChI=1S/C9H7F3O2S/c10-9(11,12)15-4-6-1-2-7-8(3-6)14-5-13-7/h1-3H,4-5H2. The maximum absolute atomic E-state index is 11.9. The van der Waals surface area contributed by atoms with Crippen LogP contribution in [0.25, 0.3) is 0 Å². The second-order valence-corrected chi connectivity index (χ2v) is 3.96. The Morgan fingerprint density at radius 1 is 1.20 bits per heavy atom. The van der Waals surface area contributed by atoms with Crippen LogP contribution in [0.15, 0.2) is 18.2 Å². The van der Waals surface area contributed by atoms with E-state index in [4.69, 9.17) is 9.47 Å². The second kappa shape index (κ2) is 3.84. The molecule has 1 aliphatic heterocycles. The Kier molecular flexibility index (Phi) is 2.68. The molecule has 2 rings (SSSR count). The third-order valence-corrected chi connectivity index (χ3v) is 2.64. The van der Waals surface area contributed by atoms with Gasteiger partial charge >= 0.3 is 5.51 Å². The zero-order valence-corrected chi connectivity index (χ0v) is 8.32. The van der Waals surface area contributed by atoms with E-state index in [1.807, 2.05) is 0 Å². The topological polar surface area (TPSA) is 18.5 Å². The van der Waals surface area contributed by atoms with Crippen molar-refractivity contribution in [3.8, 4) is 11.5 Å². The molecule has 0 amide bonds. The number of hydrogen-bond donors (Lipinski definition) is 0. The summed E-state index contributed by atoms with van der Waals surface area (Å²) in [5.41, 5.74) is -3.63. The lowest BCUT2D eigenvalue weighted by Crippen LogP contribution is -2.00. The molecule has 2 nitrogen and oxygen atoms in total. The van der Waals surface area contributed by atoms with Crippen LogP contribution in [-0.2, 0) is 5.75 Å². The molecule has 0 radical (unpaired) electrons. The molecule has 0 spiro atoms. The maximum Gasteiger partial charge on any atom is 0.442 e. The fourth-order valence-electron chi connectivity index (χ4n) is 1.20. The minimum absolute atomic E-state index is 0.0642. The lowest BCUT2D eigenvalue weighted by molar-refractivity contribution is -0.0329. The number of alkyl halides is 3. The highest BCUT2D eigenvalue weighted by Gasteiger charge is 2.28. The zero-order valence-electron chi connectivity index (χ0n) is 7.50. The van der Waals surface area contributed by atoms with Crippen molar-refractivity contribution in [3.63, 3.8) is 0 Å². The molecule has 0 aromatic heterocycles. The largest absolute Gasteiger partial charge is 0.454 e. The van der Waals surface area contributed by atoms with Gasteiger partial charge in [-0.25, -0.2) is 0 Å². The van der Waals surface area contributed by atoms with Crippen LogP contribution in [0.2, 0.25) is 0 Å². The van der Waals surface area contributed by atoms with E-state index in [0.29, 0.717) is 17.1 Å². The van der Waals surface area contributed by atoms with E-state index in [2.05, 4.69) is 0 Å². The van der Waals surface area contributed by atoms with Crippen molar-refractivity contribution in [2.75, 3.05) is 6.79 Å². The average molecular weight is 236 g/mol. The van der Waals surface area contributed by atoms with Gasteiger partial charge in [0.15, 0.2) is 11.5 Å². The first-order valence-corrected chi connectivity index (χ1v) is 5.12. The normalized spacial score (nSPS) is 14.3.